The summed E-state index contributed by atoms with van der Waals surface area (Å²) in [4.78, 5) is 11.5. The summed E-state index contributed by atoms with van der Waals surface area (Å²) in [5, 5.41) is 5.00. The first kappa shape index (κ1) is 16.9. The number of esters is 1. The van der Waals surface area contributed by atoms with Crippen LogP contribution in [0.4, 0.5) is 0 Å². The summed E-state index contributed by atoms with van der Waals surface area (Å²) in [6.07, 6.45) is 3.97. The number of nitrogens with two attached hydrogens (primary N) is 1. The first-order chi connectivity index (χ1) is 9.36. The van der Waals surface area contributed by atoms with Crippen LogP contribution in [0, 0.1) is 0 Å². The van der Waals surface area contributed by atoms with E-state index in [2.05, 4.69) is 6.92 Å². The number of hydrogen-bond acceptors (Lipinski definition) is 4. The fourth-order valence-corrected chi connectivity index (χ4v) is 2.70. The Morgan fingerprint density at radius 2 is 2.00 bits per heavy atom. The van der Waals surface area contributed by atoms with Crippen molar-refractivity contribution in [3.63, 3.8) is 0 Å². The second-order valence-electron chi connectivity index (χ2n) is 4.39. The van der Waals surface area contributed by atoms with Gasteiger partial charge >= 0.3 is 5.97 Å². The molecule has 7 heteroatoms. The minimum atomic E-state index is -3.96. The normalized spacial score (nSPS) is 11.3. The van der Waals surface area contributed by atoms with Gasteiger partial charge in [-0.25, -0.2) is 18.4 Å². The fraction of sp³-hybridized carbons (Fsp3) is 0.462. The third kappa shape index (κ3) is 5.11. The van der Waals surface area contributed by atoms with Gasteiger partial charge in [0.2, 0.25) is 10.0 Å². The molecule has 0 heterocycles. The summed E-state index contributed by atoms with van der Waals surface area (Å²) in [6, 6.07) is 3.85. The Balaban J connectivity index is 2.70. The maximum Gasteiger partial charge on any atom is 0.338 e. The molecule has 112 valence electrons. The SMILES string of the molecule is CCCCCCOC(=O)c1ccc(Cl)c(S(N)(=O)=O)c1. The van der Waals surface area contributed by atoms with Crippen molar-refractivity contribution in [3.8, 4) is 0 Å². The number of sulfonamides is 1. The van der Waals surface area contributed by atoms with Crippen molar-refractivity contribution in [1.82, 2.24) is 0 Å². The van der Waals surface area contributed by atoms with E-state index < -0.39 is 16.0 Å². The van der Waals surface area contributed by atoms with Crippen molar-refractivity contribution in [2.45, 2.75) is 37.5 Å². The Morgan fingerprint density at radius 1 is 1.30 bits per heavy atom. The molecule has 0 aromatic heterocycles. The van der Waals surface area contributed by atoms with E-state index in [1.165, 1.54) is 12.1 Å². The van der Waals surface area contributed by atoms with Crippen molar-refractivity contribution in [2.75, 3.05) is 6.61 Å². The molecule has 5 nitrogen and oxygen atoms in total. The average molecular weight is 320 g/mol. The monoisotopic (exact) mass is 319 g/mol. The molecule has 0 unspecified atom stereocenters. The maximum atomic E-state index is 11.8. The quantitative estimate of drug-likeness (QED) is 0.618. The van der Waals surface area contributed by atoms with Crippen LogP contribution in [-0.4, -0.2) is 21.0 Å². The molecule has 1 aromatic rings. The number of ether oxygens (including phenoxy) is 1. The van der Waals surface area contributed by atoms with Crippen LogP contribution < -0.4 is 5.14 Å². The van der Waals surface area contributed by atoms with E-state index in [1.54, 1.807) is 0 Å². The number of hydrogen-bond donors (Lipinski definition) is 1. The second kappa shape index (κ2) is 7.61. The Hall–Kier alpha value is -1.11. The molecule has 0 aliphatic rings. The van der Waals surface area contributed by atoms with Crippen LogP contribution in [0.5, 0.6) is 0 Å². The topological polar surface area (TPSA) is 86.5 Å². The van der Waals surface area contributed by atoms with Gasteiger partial charge in [-0.2, -0.15) is 0 Å². The van der Waals surface area contributed by atoms with E-state index in [0.29, 0.717) is 6.61 Å². The molecule has 0 aliphatic heterocycles. The van der Waals surface area contributed by atoms with Gasteiger partial charge in [0.1, 0.15) is 4.90 Å². The molecule has 0 saturated heterocycles. The lowest BCUT2D eigenvalue weighted by molar-refractivity contribution is 0.0497. The number of primary sulfonamides is 1. The minimum absolute atomic E-state index is 0.0213. The molecule has 0 aliphatic carbocycles. The number of carbonyl (C=O) groups excluding carboxylic acids is 1. The molecule has 1 rings (SSSR count). The van der Waals surface area contributed by atoms with E-state index in [1.807, 2.05) is 0 Å². The largest absolute Gasteiger partial charge is 0.462 e. The molecule has 0 radical (unpaired) electrons. The first-order valence-corrected chi connectivity index (χ1v) is 8.28. The van der Waals surface area contributed by atoms with Gasteiger partial charge in [0.25, 0.3) is 0 Å². The maximum absolute atomic E-state index is 11.8. The fourth-order valence-electron chi connectivity index (χ4n) is 1.63. The van der Waals surface area contributed by atoms with Crippen molar-refractivity contribution >= 4 is 27.6 Å². The highest BCUT2D eigenvalue weighted by atomic mass is 35.5. The molecular formula is C13H18ClNO4S. The van der Waals surface area contributed by atoms with E-state index in [4.69, 9.17) is 21.5 Å². The summed E-state index contributed by atoms with van der Waals surface area (Å²) in [5.41, 5.74) is 0.119. The molecule has 0 bridgehead atoms. The van der Waals surface area contributed by atoms with E-state index in [9.17, 15) is 13.2 Å². The van der Waals surface area contributed by atoms with E-state index in [-0.39, 0.29) is 15.5 Å². The second-order valence-corrected chi connectivity index (χ2v) is 6.32. The van der Waals surface area contributed by atoms with Crippen LogP contribution >= 0.6 is 11.6 Å². The van der Waals surface area contributed by atoms with Gasteiger partial charge in [0.15, 0.2) is 0 Å². The van der Waals surface area contributed by atoms with Crippen LogP contribution in [0.2, 0.25) is 5.02 Å². The summed E-state index contributed by atoms with van der Waals surface area (Å²) in [5.74, 6) is -0.580. The summed E-state index contributed by atoms with van der Waals surface area (Å²) < 4.78 is 27.7. The van der Waals surface area contributed by atoms with Crippen molar-refractivity contribution in [1.29, 1.82) is 0 Å². The minimum Gasteiger partial charge on any atom is -0.462 e. The number of rotatable bonds is 7. The molecular weight excluding hydrogens is 302 g/mol. The highest BCUT2D eigenvalue weighted by Gasteiger charge is 2.16. The molecule has 2 N–H and O–H groups in total. The van der Waals surface area contributed by atoms with Gasteiger partial charge in [-0.05, 0) is 24.6 Å². The zero-order chi connectivity index (χ0) is 15.2. The lowest BCUT2D eigenvalue weighted by Gasteiger charge is -2.07. The predicted molar refractivity (Wildman–Crippen MR) is 77.2 cm³/mol. The molecule has 0 atom stereocenters. The van der Waals surface area contributed by atoms with Crippen molar-refractivity contribution in [2.24, 2.45) is 5.14 Å². The number of carbonyl (C=O) groups is 1. The first-order valence-electron chi connectivity index (χ1n) is 6.35. The number of halogens is 1. The highest BCUT2D eigenvalue weighted by molar-refractivity contribution is 7.89. The van der Waals surface area contributed by atoms with Crippen LogP contribution in [0.3, 0.4) is 0 Å². The van der Waals surface area contributed by atoms with Gasteiger partial charge < -0.3 is 4.74 Å². The average Bonchev–Trinajstić information content (AvgIpc) is 2.37. The van der Waals surface area contributed by atoms with Gasteiger partial charge in [0, 0.05) is 0 Å². The summed E-state index contributed by atoms with van der Waals surface area (Å²) in [6.45, 7) is 2.40. The van der Waals surface area contributed by atoms with Gasteiger partial charge in [0.05, 0.1) is 17.2 Å². The van der Waals surface area contributed by atoms with E-state index in [0.717, 1.165) is 31.7 Å². The Morgan fingerprint density at radius 3 is 2.60 bits per heavy atom. The van der Waals surface area contributed by atoms with Crippen LogP contribution in [0.1, 0.15) is 43.0 Å². The molecule has 0 fully saturated rings. The molecule has 1 aromatic carbocycles. The molecule has 0 amide bonds. The van der Waals surface area contributed by atoms with Gasteiger partial charge in [-0.15, -0.1) is 0 Å². The Bertz CT molecular complexity index is 572. The highest BCUT2D eigenvalue weighted by Crippen LogP contribution is 2.21. The standard InChI is InChI=1S/C13H18ClNO4S/c1-2-3-4-5-8-19-13(16)10-6-7-11(14)12(9-10)20(15,17)18/h6-7,9H,2-5,8H2,1H3,(H2,15,17,18). The number of benzene rings is 1. The lowest BCUT2D eigenvalue weighted by atomic mass is 10.2. The van der Waals surface area contributed by atoms with Gasteiger partial charge in [-0.3, -0.25) is 0 Å². The zero-order valence-electron chi connectivity index (χ0n) is 11.3. The molecule has 0 saturated carbocycles. The Labute approximate surface area is 124 Å². The van der Waals surface area contributed by atoms with Crippen molar-refractivity contribution in [3.05, 3.63) is 28.8 Å². The molecule has 20 heavy (non-hydrogen) atoms. The van der Waals surface area contributed by atoms with Crippen molar-refractivity contribution < 1.29 is 17.9 Å². The molecule has 0 spiro atoms. The smallest absolute Gasteiger partial charge is 0.338 e. The Kier molecular flexibility index (Phi) is 6.45. The number of unbranched alkanes of at least 4 members (excludes halogenated alkanes) is 3. The van der Waals surface area contributed by atoms with Crippen LogP contribution in [0.25, 0.3) is 0 Å². The van der Waals surface area contributed by atoms with Crippen LogP contribution in [0.15, 0.2) is 23.1 Å². The third-order valence-corrected chi connectivity index (χ3v) is 4.10. The van der Waals surface area contributed by atoms with Crippen LogP contribution in [-0.2, 0) is 14.8 Å². The summed E-state index contributed by atoms with van der Waals surface area (Å²) in [7, 11) is -3.96. The summed E-state index contributed by atoms with van der Waals surface area (Å²) >= 11 is 5.74. The van der Waals surface area contributed by atoms with Gasteiger partial charge in [-0.1, -0.05) is 37.8 Å². The lowest BCUT2D eigenvalue weighted by Crippen LogP contribution is -2.14. The van der Waals surface area contributed by atoms with E-state index >= 15 is 0 Å². The predicted octanol–water partition coefficient (Wildman–Crippen LogP) is 2.72. The third-order valence-electron chi connectivity index (χ3n) is 2.70. The zero-order valence-corrected chi connectivity index (χ0v) is 12.8.